The van der Waals surface area contributed by atoms with Gasteiger partial charge in [-0.15, -0.1) is 0 Å². The van der Waals surface area contributed by atoms with Crippen molar-refractivity contribution >= 4 is 23.7 Å². The molecule has 0 bridgehead atoms. The van der Waals surface area contributed by atoms with E-state index in [1.807, 2.05) is 12.1 Å². The Morgan fingerprint density at radius 1 is 1.10 bits per heavy atom. The van der Waals surface area contributed by atoms with Gasteiger partial charge in [-0.05, 0) is 36.0 Å². The van der Waals surface area contributed by atoms with Crippen LogP contribution in [0.15, 0.2) is 24.3 Å². The molecule has 7 nitrogen and oxygen atoms in total. The van der Waals surface area contributed by atoms with Crippen LogP contribution in [0.3, 0.4) is 0 Å². The van der Waals surface area contributed by atoms with E-state index >= 15 is 0 Å². The Kier molecular flexibility index (Phi) is 6.58. The number of nitrogens with zero attached hydrogens (tertiary/aromatic N) is 1. The van der Waals surface area contributed by atoms with Crippen LogP contribution < -0.4 is 5.32 Å². The molecule has 0 spiro atoms. The second kappa shape index (κ2) is 8.98. The Labute approximate surface area is 177 Å². The molecule has 30 heavy (non-hydrogen) atoms. The van der Waals surface area contributed by atoms with Gasteiger partial charge in [-0.3, -0.25) is 24.5 Å². The van der Waals surface area contributed by atoms with Crippen molar-refractivity contribution in [3.8, 4) is 0 Å². The van der Waals surface area contributed by atoms with E-state index in [1.54, 1.807) is 17.0 Å². The lowest BCUT2D eigenvalue weighted by atomic mass is 9.87. The third-order valence-electron chi connectivity index (χ3n) is 5.87. The van der Waals surface area contributed by atoms with E-state index < -0.39 is 30.3 Å². The number of nitrogens with one attached hydrogen (secondary N) is 1. The normalized spacial score (nSPS) is 19.8. The number of ether oxygens (including phenoxy) is 1. The number of imide groups is 1. The van der Waals surface area contributed by atoms with E-state index in [1.165, 1.54) is 0 Å². The number of benzene rings is 1. The van der Waals surface area contributed by atoms with Crippen LogP contribution in [0.5, 0.6) is 0 Å². The molecule has 2 aliphatic rings. The summed E-state index contributed by atoms with van der Waals surface area (Å²) in [7, 11) is 0. The van der Waals surface area contributed by atoms with Gasteiger partial charge in [0, 0.05) is 24.6 Å². The van der Waals surface area contributed by atoms with Crippen molar-refractivity contribution in [3.05, 3.63) is 35.4 Å². The molecule has 1 N–H and O–H groups in total. The number of esters is 1. The zero-order valence-corrected chi connectivity index (χ0v) is 17.9. The second-order valence-electron chi connectivity index (χ2n) is 9.20. The van der Waals surface area contributed by atoms with E-state index in [-0.39, 0.29) is 23.8 Å². The molecular weight excluding hydrogens is 384 g/mol. The first-order valence-corrected chi connectivity index (χ1v) is 10.6. The van der Waals surface area contributed by atoms with Crippen molar-refractivity contribution in [2.45, 2.75) is 64.3 Å². The smallest absolute Gasteiger partial charge is 0.311 e. The van der Waals surface area contributed by atoms with Gasteiger partial charge in [0.25, 0.3) is 11.8 Å². The summed E-state index contributed by atoms with van der Waals surface area (Å²) in [5, 5.41) is 2.23. The summed E-state index contributed by atoms with van der Waals surface area (Å²) in [4.78, 5) is 50.5. The van der Waals surface area contributed by atoms with E-state index in [4.69, 9.17) is 4.74 Å². The van der Waals surface area contributed by atoms with E-state index in [0.29, 0.717) is 12.1 Å². The molecule has 1 saturated heterocycles. The predicted octanol–water partition coefficient (Wildman–Crippen LogP) is 2.57. The summed E-state index contributed by atoms with van der Waals surface area (Å²) in [6, 6.07) is 7.26. The number of amides is 3. The van der Waals surface area contributed by atoms with Gasteiger partial charge in [-0.25, -0.2) is 0 Å². The van der Waals surface area contributed by atoms with Crippen LogP contribution in [0.25, 0.3) is 0 Å². The summed E-state index contributed by atoms with van der Waals surface area (Å²) in [5.41, 5.74) is 1.40. The minimum absolute atomic E-state index is 0.0258. The number of likely N-dealkylation sites (tertiary alicyclic amines) is 1. The molecule has 2 fully saturated rings. The van der Waals surface area contributed by atoms with E-state index in [2.05, 4.69) is 26.1 Å². The monoisotopic (exact) mass is 414 g/mol. The molecule has 0 unspecified atom stereocenters. The fraction of sp³-hybridized carbons (Fsp3) is 0.565. The zero-order valence-electron chi connectivity index (χ0n) is 17.9. The number of carbonyl (C=O) groups excluding carboxylic acids is 4. The lowest BCUT2D eigenvalue weighted by Gasteiger charge is -2.23. The largest absolute Gasteiger partial charge is 0.455 e. The van der Waals surface area contributed by atoms with Crippen LogP contribution in [-0.4, -0.2) is 47.8 Å². The van der Waals surface area contributed by atoms with Crippen LogP contribution in [0, 0.1) is 5.92 Å². The maximum Gasteiger partial charge on any atom is 0.311 e. The van der Waals surface area contributed by atoms with Crippen molar-refractivity contribution in [2.75, 3.05) is 13.2 Å². The summed E-state index contributed by atoms with van der Waals surface area (Å²) in [6.45, 7) is 6.03. The van der Waals surface area contributed by atoms with Crippen molar-refractivity contribution in [2.24, 2.45) is 5.92 Å². The van der Waals surface area contributed by atoms with Crippen LogP contribution in [0.1, 0.15) is 68.8 Å². The lowest BCUT2D eigenvalue weighted by molar-refractivity contribution is -0.152. The predicted molar refractivity (Wildman–Crippen MR) is 111 cm³/mol. The van der Waals surface area contributed by atoms with E-state index in [0.717, 1.165) is 31.2 Å². The molecule has 7 heteroatoms. The standard InChI is InChI=1S/C23H30N2O5/c1-23(2,3)17-10-8-15(9-11-17)21(28)24-19(26)14-30-22(29)16-12-20(27)25(13-16)18-6-4-5-7-18/h8-11,16,18H,4-7,12-14H2,1-3H3,(H,24,26,28)/t16-/m0/s1. The van der Waals surface area contributed by atoms with Gasteiger partial charge in [0.15, 0.2) is 6.61 Å². The number of hydrogen-bond acceptors (Lipinski definition) is 5. The molecule has 1 aromatic carbocycles. The first kappa shape index (κ1) is 22.0. The highest BCUT2D eigenvalue weighted by Gasteiger charge is 2.39. The summed E-state index contributed by atoms with van der Waals surface area (Å²) >= 11 is 0. The maximum atomic E-state index is 12.3. The summed E-state index contributed by atoms with van der Waals surface area (Å²) in [5.74, 6) is -2.38. The highest BCUT2D eigenvalue weighted by Crippen LogP contribution is 2.29. The van der Waals surface area contributed by atoms with Gasteiger partial charge < -0.3 is 9.64 Å². The van der Waals surface area contributed by atoms with Gasteiger partial charge in [0.05, 0.1) is 5.92 Å². The fourth-order valence-electron chi connectivity index (χ4n) is 4.07. The Hall–Kier alpha value is -2.70. The summed E-state index contributed by atoms with van der Waals surface area (Å²) < 4.78 is 5.07. The molecule has 1 aromatic rings. The third kappa shape index (κ3) is 5.26. The molecule has 0 aromatic heterocycles. The number of carbonyl (C=O) groups is 4. The van der Waals surface area contributed by atoms with Gasteiger partial charge in [-0.2, -0.15) is 0 Å². The molecule has 1 heterocycles. The molecule has 1 atom stereocenters. The average molecular weight is 415 g/mol. The highest BCUT2D eigenvalue weighted by atomic mass is 16.5. The molecular formula is C23H30N2O5. The Morgan fingerprint density at radius 3 is 2.33 bits per heavy atom. The molecule has 3 amide bonds. The maximum absolute atomic E-state index is 12.3. The zero-order chi connectivity index (χ0) is 21.9. The fourth-order valence-corrected chi connectivity index (χ4v) is 4.07. The van der Waals surface area contributed by atoms with Crippen molar-refractivity contribution in [3.63, 3.8) is 0 Å². The third-order valence-corrected chi connectivity index (χ3v) is 5.87. The topological polar surface area (TPSA) is 92.8 Å². The second-order valence-corrected chi connectivity index (χ2v) is 9.20. The van der Waals surface area contributed by atoms with Crippen LogP contribution in [-0.2, 0) is 24.5 Å². The van der Waals surface area contributed by atoms with Crippen LogP contribution in [0.4, 0.5) is 0 Å². The van der Waals surface area contributed by atoms with Gasteiger partial charge in [0.1, 0.15) is 0 Å². The minimum Gasteiger partial charge on any atom is -0.455 e. The number of rotatable bonds is 5. The van der Waals surface area contributed by atoms with Crippen molar-refractivity contribution in [1.82, 2.24) is 10.2 Å². The van der Waals surface area contributed by atoms with Crippen LogP contribution >= 0.6 is 0 Å². The van der Waals surface area contributed by atoms with Gasteiger partial charge in [-0.1, -0.05) is 45.7 Å². The van der Waals surface area contributed by atoms with Crippen LogP contribution in [0.2, 0.25) is 0 Å². The Balaban J connectivity index is 1.45. The lowest BCUT2D eigenvalue weighted by Crippen LogP contribution is -2.36. The first-order valence-electron chi connectivity index (χ1n) is 10.6. The molecule has 1 aliphatic heterocycles. The SMILES string of the molecule is CC(C)(C)c1ccc(C(=O)NC(=O)COC(=O)[C@H]2CC(=O)N(C3CCCC3)C2)cc1. The molecule has 0 radical (unpaired) electrons. The molecule has 162 valence electrons. The molecule has 3 rings (SSSR count). The summed E-state index contributed by atoms with van der Waals surface area (Å²) in [6.07, 6.45) is 4.30. The Morgan fingerprint density at radius 2 is 1.73 bits per heavy atom. The highest BCUT2D eigenvalue weighted by molar-refractivity contribution is 6.05. The molecule has 1 saturated carbocycles. The van der Waals surface area contributed by atoms with Gasteiger partial charge >= 0.3 is 5.97 Å². The van der Waals surface area contributed by atoms with Crippen molar-refractivity contribution in [1.29, 1.82) is 0 Å². The minimum atomic E-state index is -0.690. The molecule has 1 aliphatic carbocycles. The quantitative estimate of drug-likeness (QED) is 0.748. The number of hydrogen-bond donors (Lipinski definition) is 1. The average Bonchev–Trinajstić information content (AvgIpc) is 3.35. The van der Waals surface area contributed by atoms with Crippen molar-refractivity contribution < 1.29 is 23.9 Å². The van der Waals surface area contributed by atoms with E-state index in [9.17, 15) is 19.2 Å². The Bertz CT molecular complexity index is 819. The van der Waals surface area contributed by atoms with Gasteiger partial charge in [0.2, 0.25) is 5.91 Å². The first-order chi connectivity index (χ1) is 14.1.